The Hall–Kier alpha value is -2.50. The highest BCUT2D eigenvalue weighted by molar-refractivity contribution is 5.54. The number of halogens is 1. The maximum absolute atomic E-state index is 13.8. The monoisotopic (exact) mass is 229 g/mol. The molecule has 1 N–H and O–H groups in total. The molecule has 0 radical (unpaired) electrons. The van der Waals surface area contributed by atoms with Crippen LogP contribution in [-0.4, -0.2) is 25.2 Å². The minimum Gasteiger partial charge on any atom is -0.283 e. The fraction of sp³-hybridized carbons (Fsp3) is 0. The number of nitrogens with one attached hydrogen (secondary N) is 1. The quantitative estimate of drug-likeness (QED) is 0.728. The van der Waals surface area contributed by atoms with Crippen LogP contribution in [0.4, 0.5) is 4.39 Å². The highest BCUT2D eigenvalue weighted by Crippen LogP contribution is 2.22. The molecular weight excluding hydrogens is 221 g/mol. The van der Waals surface area contributed by atoms with Crippen molar-refractivity contribution in [2.24, 2.45) is 0 Å². The Labute approximate surface area is 95.9 Å². The summed E-state index contributed by atoms with van der Waals surface area (Å²) >= 11 is 0. The van der Waals surface area contributed by atoms with Gasteiger partial charge < -0.3 is 0 Å². The Kier molecular flexibility index (Phi) is 2.18. The van der Waals surface area contributed by atoms with E-state index in [-0.39, 0.29) is 5.95 Å². The van der Waals surface area contributed by atoms with Gasteiger partial charge in [-0.3, -0.25) is 4.57 Å². The summed E-state index contributed by atoms with van der Waals surface area (Å²) in [6.07, 6.45) is 0. The Balaban J connectivity index is 2.20. The van der Waals surface area contributed by atoms with Gasteiger partial charge in [-0.1, -0.05) is 18.2 Å². The summed E-state index contributed by atoms with van der Waals surface area (Å²) < 4.78 is 15.2. The van der Waals surface area contributed by atoms with Gasteiger partial charge in [0.1, 0.15) is 0 Å². The average molecular weight is 229 g/mol. The predicted molar refractivity (Wildman–Crippen MR) is 58.9 cm³/mol. The molecular formula is C11H8FN5. The lowest BCUT2D eigenvalue weighted by Crippen LogP contribution is -2.00. The first-order valence-corrected chi connectivity index (χ1v) is 5.03. The van der Waals surface area contributed by atoms with Gasteiger partial charge >= 0.3 is 0 Å². The topological polar surface area (TPSA) is 59.4 Å². The lowest BCUT2D eigenvalue weighted by atomic mass is 10.3. The Bertz CT molecular complexity index is 615. The van der Waals surface area contributed by atoms with E-state index in [1.165, 1.54) is 10.6 Å². The largest absolute Gasteiger partial charge is 0.283 e. The predicted octanol–water partition coefficient (Wildman–Crippen LogP) is 1.80. The molecule has 0 aliphatic carbocycles. The van der Waals surface area contributed by atoms with Gasteiger partial charge in [-0.25, -0.2) is 0 Å². The average Bonchev–Trinajstić information content (AvgIpc) is 2.98. The van der Waals surface area contributed by atoms with Gasteiger partial charge in [0.15, 0.2) is 5.95 Å². The van der Waals surface area contributed by atoms with Crippen LogP contribution in [0.2, 0.25) is 0 Å². The van der Waals surface area contributed by atoms with Crippen molar-refractivity contribution >= 4 is 0 Å². The third-order valence-corrected chi connectivity index (χ3v) is 2.42. The fourth-order valence-electron chi connectivity index (χ4n) is 1.70. The first-order valence-electron chi connectivity index (χ1n) is 5.03. The molecule has 0 unspecified atom stereocenters. The molecule has 0 aliphatic rings. The Morgan fingerprint density at radius 3 is 2.59 bits per heavy atom. The van der Waals surface area contributed by atoms with Crippen molar-refractivity contribution in [2.45, 2.75) is 0 Å². The number of hydrogen-bond donors (Lipinski definition) is 1. The van der Waals surface area contributed by atoms with Crippen LogP contribution < -0.4 is 0 Å². The maximum Gasteiger partial charge on any atom is 0.221 e. The molecule has 3 aromatic rings. The van der Waals surface area contributed by atoms with Gasteiger partial charge in [-0.15, -0.1) is 10.2 Å². The van der Waals surface area contributed by atoms with E-state index in [0.29, 0.717) is 11.5 Å². The van der Waals surface area contributed by atoms with E-state index < -0.39 is 0 Å². The molecule has 0 saturated carbocycles. The summed E-state index contributed by atoms with van der Waals surface area (Å²) in [7, 11) is 0. The van der Waals surface area contributed by atoms with E-state index >= 15 is 0 Å². The summed E-state index contributed by atoms with van der Waals surface area (Å²) in [6.45, 7) is 0. The van der Waals surface area contributed by atoms with Gasteiger partial charge in [-0.2, -0.15) is 9.60 Å². The second kappa shape index (κ2) is 3.82. The number of rotatable bonds is 2. The Morgan fingerprint density at radius 2 is 1.88 bits per heavy atom. The molecule has 0 amide bonds. The minimum absolute atomic E-state index is 0.359. The highest BCUT2D eigenvalue weighted by atomic mass is 19.1. The van der Waals surface area contributed by atoms with E-state index in [2.05, 4.69) is 20.6 Å². The first-order chi connectivity index (χ1) is 8.36. The molecule has 0 fully saturated rings. The van der Waals surface area contributed by atoms with Crippen LogP contribution in [0.5, 0.6) is 0 Å². The van der Waals surface area contributed by atoms with Crippen molar-refractivity contribution in [3.63, 3.8) is 0 Å². The number of para-hydroxylation sites is 1. The van der Waals surface area contributed by atoms with E-state index in [1.54, 1.807) is 6.07 Å². The third-order valence-electron chi connectivity index (χ3n) is 2.42. The molecule has 17 heavy (non-hydrogen) atoms. The molecule has 6 heteroatoms. The molecule has 5 nitrogen and oxygen atoms in total. The summed E-state index contributed by atoms with van der Waals surface area (Å²) in [4.78, 5) is 0. The van der Waals surface area contributed by atoms with Gasteiger partial charge in [0.2, 0.25) is 5.82 Å². The van der Waals surface area contributed by atoms with Gasteiger partial charge in [-0.05, 0) is 29.5 Å². The molecule has 2 aromatic heterocycles. The second-order valence-electron chi connectivity index (χ2n) is 3.45. The minimum atomic E-state index is -0.365. The van der Waals surface area contributed by atoms with Crippen LogP contribution in [0.3, 0.4) is 0 Å². The summed E-state index contributed by atoms with van der Waals surface area (Å²) in [5, 5.41) is 13.5. The van der Waals surface area contributed by atoms with Gasteiger partial charge in [0.05, 0.1) is 5.69 Å². The molecule has 2 heterocycles. The van der Waals surface area contributed by atoms with Crippen molar-refractivity contribution < 1.29 is 4.39 Å². The maximum atomic E-state index is 13.8. The molecule has 0 aliphatic heterocycles. The van der Waals surface area contributed by atoms with Crippen LogP contribution in [-0.2, 0) is 0 Å². The van der Waals surface area contributed by atoms with Crippen molar-refractivity contribution in [1.82, 2.24) is 25.2 Å². The number of tetrazole rings is 1. The summed E-state index contributed by atoms with van der Waals surface area (Å²) in [5.41, 5.74) is 1.28. The first kappa shape index (κ1) is 9.71. The van der Waals surface area contributed by atoms with Crippen LogP contribution in [0, 0.1) is 5.95 Å². The number of aromatic amines is 1. The molecule has 0 saturated heterocycles. The summed E-state index contributed by atoms with van der Waals surface area (Å²) in [6, 6.07) is 12.2. The van der Waals surface area contributed by atoms with Crippen molar-refractivity contribution in [3.8, 4) is 17.2 Å². The van der Waals surface area contributed by atoms with E-state index in [1.807, 2.05) is 30.3 Å². The normalized spacial score (nSPS) is 10.6. The zero-order chi connectivity index (χ0) is 11.7. The molecule has 1 aromatic carbocycles. The number of nitrogens with zero attached hydrogens (tertiary/aromatic N) is 4. The summed E-state index contributed by atoms with van der Waals surface area (Å²) in [5.74, 6) is -0.00578. The molecule has 3 rings (SSSR count). The second-order valence-corrected chi connectivity index (χ2v) is 3.45. The van der Waals surface area contributed by atoms with Crippen molar-refractivity contribution in [2.75, 3.05) is 0 Å². The molecule has 0 spiro atoms. The lowest BCUT2D eigenvalue weighted by Gasteiger charge is -2.06. The SMILES string of the molecule is Fc1ccc(-c2nn[nH]n2)n1-c1ccccc1. The van der Waals surface area contributed by atoms with Crippen LogP contribution in [0.15, 0.2) is 42.5 Å². The fourth-order valence-corrected chi connectivity index (χ4v) is 1.70. The Morgan fingerprint density at radius 1 is 1.06 bits per heavy atom. The highest BCUT2D eigenvalue weighted by Gasteiger charge is 2.14. The van der Waals surface area contributed by atoms with Crippen LogP contribution in [0.25, 0.3) is 17.2 Å². The van der Waals surface area contributed by atoms with Crippen molar-refractivity contribution in [1.29, 1.82) is 0 Å². The smallest absolute Gasteiger partial charge is 0.221 e. The number of hydrogen-bond acceptors (Lipinski definition) is 3. The number of aromatic nitrogens is 5. The lowest BCUT2D eigenvalue weighted by molar-refractivity contribution is 0.561. The molecule has 84 valence electrons. The third kappa shape index (κ3) is 1.59. The molecule has 0 bridgehead atoms. The van der Waals surface area contributed by atoms with Crippen molar-refractivity contribution in [3.05, 3.63) is 48.4 Å². The van der Waals surface area contributed by atoms with Gasteiger partial charge in [0.25, 0.3) is 0 Å². The van der Waals surface area contributed by atoms with E-state index in [4.69, 9.17) is 0 Å². The van der Waals surface area contributed by atoms with Crippen LogP contribution >= 0.6 is 0 Å². The number of benzene rings is 1. The number of H-pyrrole nitrogens is 1. The molecule has 0 atom stereocenters. The van der Waals surface area contributed by atoms with Gasteiger partial charge in [0, 0.05) is 5.69 Å². The standard InChI is InChI=1S/C11H8FN5/c12-10-7-6-9(11-13-15-16-14-11)17(10)8-4-2-1-3-5-8/h1-7H,(H,13,14,15,16). The van der Waals surface area contributed by atoms with E-state index in [9.17, 15) is 4.39 Å². The van der Waals surface area contributed by atoms with Crippen LogP contribution in [0.1, 0.15) is 0 Å². The van der Waals surface area contributed by atoms with E-state index in [0.717, 1.165) is 5.69 Å². The zero-order valence-electron chi connectivity index (χ0n) is 8.71. The zero-order valence-corrected chi connectivity index (χ0v) is 8.71.